The molecule has 1 aromatic heterocycles. The molecule has 0 aliphatic rings. The fourth-order valence-electron chi connectivity index (χ4n) is 2.58. The maximum atomic E-state index is 11.7. The molecule has 0 aliphatic heterocycles. The number of aryl methyl sites for hydroxylation is 2. The number of hydrogen-bond donors (Lipinski definition) is 2. The summed E-state index contributed by atoms with van der Waals surface area (Å²) in [5.74, 6) is -1.00. The van der Waals surface area contributed by atoms with Gasteiger partial charge in [-0.15, -0.1) is 24.8 Å². The van der Waals surface area contributed by atoms with Crippen molar-refractivity contribution in [3.63, 3.8) is 0 Å². The maximum Gasteiger partial charge on any atom is 0.338 e. The second kappa shape index (κ2) is 9.59. The number of rotatable bonds is 5. The van der Waals surface area contributed by atoms with Crippen LogP contribution in [0.2, 0.25) is 0 Å². The lowest BCUT2D eigenvalue weighted by molar-refractivity contribution is 0.0696. The number of nitrogens with two attached hydrogens (primary N) is 1. The van der Waals surface area contributed by atoms with Gasteiger partial charge in [0.2, 0.25) is 0 Å². The third-order valence-corrected chi connectivity index (χ3v) is 3.60. The number of benzene rings is 1. The first-order valence-corrected chi connectivity index (χ1v) is 7.01. The largest absolute Gasteiger partial charge is 0.478 e. The van der Waals surface area contributed by atoms with E-state index in [0.717, 1.165) is 11.1 Å². The molecule has 0 fully saturated rings. The summed E-state index contributed by atoms with van der Waals surface area (Å²) in [5, 5.41) is 9.59. The summed E-state index contributed by atoms with van der Waals surface area (Å²) in [6.45, 7) is 4.18. The molecule has 132 valence electrons. The first-order chi connectivity index (χ1) is 10.5. The van der Waals surface area contributed by atoms with Gasteiger partial charge in [0.25, 0.3) is 0 Å². The molecule has 2 aromatic rings. The number of halogens is 2. The number of ether oxygens (including phenoxy) is 1. The van der Waals surface area contributed by atoms with Crippen LogP contribution in [-0.2, 0) is 17.9 Å². The van der Waals surface area contributed by atoms with Gasteiger partial charge in [0.15, 0.2) is 0 Å². The molecule has 0 aliphatic carbocycles. The van der Waals surface area contributed by atoms with Crippen molar-refractivity contribution >= 4 is 30.8 Å². The zero-order valence-electron chi connectivity index (χ0n) is 13.8. The van der Waals surface area contributed by atoms with Gasteiger partial charge < -0.3 is 15.6 Å². The van der Waals surface area contributed by atoms with Gasteiger partial charge in [-0.05, 0) is 25.0 Å². The van der Waals surface area contributed by atoms with Gasteiger partial charge in [-0.1, -0.05) is 29.8 Å². The maximum absolute atomic E-state index is 11.7. The molecule has 24 heavy (non-hydrogen) atoms. The Labute approximate surface area is 154 Å². The van der Waals surface area contributed by atoms with E-state index in [1.54, 1.807) is 14.0 Å². The van der Waals surface area contributed by atoms with Crippen LogP contribution in [0.5, 0.6) is 0 Å². The highest BCUT2D eigenvalue weighted by Gasteiger charge is 2.22. The summed E-state index contributed by atoms with van der Waals surface area (Å²) < 4.78 is 5.17. The third-order valence-electron chi connectivity index (χ3n) is 3.60. The van der Waals surface area contributed by atoms with Crippen LogP contribution in [0.4, 0.5) is 0 Å². The SMILES string of the molecule is COCc1nc(C)c(C(=O)O)c(-c2ccc(C)cc2)c1CN.Cl.Cl. The molecule has 1 heterocycles. The van der Waals surface area contributed by atoms with Gasteiger partial charge >= 0.3 is 5.97 Å². The van der Waals surface area contributed by atoms with Crippen molar-refractivity contribution < 1.29 is 14.6 Å². The number of carboxylic acid groups (broad SMARTS) is 1. The Balaban J connectivity index is 0.00000264. The van der Waals surface area contributed by atoms with E-state index in [1.807, 2.05) is 31.2 Å². The molecule has 0 amide bonds. The molecule has 7 heteroatoms. The predicted octanol–water partition coefficient (Wildman–Crippen LogP) is 3.51. The first-order valence-electron chi connectivity index (χ1n) is 7.01. The Morgan fingerprint density at radius 2 is 1.79 bits per heavy atom. The first kappa shape index (κ1) is 22.3. The van der Waals surface area contributed by atoms with Gasteiger partial charge in [0.1, 0.15) is 0 Å². The highest BCUT2D eigenvalue weighted by Crippen LogP contribution is 2.31. The summed E-state index contributed by atoms with van der Waals surface area (Å²) in [6.07, 6.45) is 0. The van der Waals surface area contributed by atoms with Crippen LogP contribution in [-0.4, -0.2) is 23.2 Å². The van der Waals surface area contributed by atoms with Crippen molar-refractivity contribution in [3.05, 3.63) is 52.3 Å². The number of nitrogens with zero attached hydrogens (tertiary/aromatic N) is 1. The number of aromatic nitrogens is 1. The molecule has 2 rings (SSSR count). The third kappa shape index (κ3) is 4.45. The lowest BCUT2D eigenvalue weighted by atomic mass is 9.92. The smallest absolute Gasteiger partial charge is 0.338 e. The van der Waals surface area contributed by atoms with Crippen LogP contribution in [0.1, 0.15) is 32.9 Å². The molecule has 0 bridgehead atoms. The van der Waals surface area contributed by atoms with Crippen molar-refractivity contribution in [2.75, 3.05) is 7.11 Å². The monoisotopic (exact) mass is 372 g/mol. The lowest BCUT2D eigenvalue weighted by Crippen LogP contribution is -2.14. The fraction of sp³-hybridized carbons (Fsp3) is 0.294. The van der Waals surface area contributed by atoms with Crippen molar-refractivity contribution in [2.24, 2.45) is 5.73 Å². The Bertz CT molecular complexity index is 704. The highest BCUT2D eigenvalue weighted by atomic mass is 35.5. The molecule has 0 radical (unpaired) electrons. The van der Waals surface area contributed by atoms with E-state index in [1.165, 1.54) is 0 Å². The number of pyridine rings is 1. The van der Waals surface area contributed by atoms with E-state index in [9.17, 15) is 9.90 Å². The standard InChI is InChI=1S/C17H20N2O3.2ClH/c1-10-4-6-12(7-5-10)16-13(8-18)14(9-22-3)19-11(2)15(16)17(20)21;;/h4-7H,8-9,18H2,1-3H3,(H,20,21);2*1H. The van der Waals surface area contributed by atoms with Crippen LogP contribution in [0.3, 0.4) is 0 Å². The van der Waals surface area contributed by atoms with Gasteiger partial charge in [0, 0.05) is 19.2 Å². The molecule has 1 aromatic carbocycles. The minimum Gasteiger partial charge on any atom is -0.478 e. The van der Waals surface area contributed by atoms with Crippen molar-refractivity contribution in [2.45, 2.75) is 27.0 Å². The zero-order valence-corrected chi connectivity index (χ0v) is 15.5. The lowest BCUT2D eigenvalue weighted by Gasteiger charge is -2.17. The second-order valence-corrected chi connectivity index (χ2v) is 5.18. The number of hydrogen-bond acceptors (Lipinski definition) is 4. The Morgan fingerprint density at radius 1 is 1.21 bits per heavy atom. The summed E-state index contributed by atoms with van der Waals surface area (Å²) in [4.78, 5) is 16.1. The number of aromatic carboxylic acids is 1. The second-order valence-electron chi connectivity index (χ2n) is 5.18. The van der Waals surface area contributed by atoms with E-state index in [4.69, 9.17) is 10.5 Å². The average Bonchev–Trinajstić information content (AvgIpc) is 2.47. The molecule has 0 saturated carbocycles. The van der Waals surface area contributed by atoms with E-state index in [0.29, 0.717) is 29.1 Å². The highest BCUT2D eigenvalue weighted by molar-refractivity contribution is 5.98. The molecule has 3 N–H and O–H groups in total. The Morgan fingerprint density at radius 3 is 2.25 bits per heavy atom. The minimum atomic E-state index is -1.00. The van der Waals surface area contributed by atoms with Gasteiger partial charge in [-0.2, -0.15) is 0 Å². The minimum absolute atomic E-state index is 0. The van der Waals surface area contributed by atoms with Crippen molar-refractivity contribution in [1.29, 1.82) is 0 Å². The topological polar surface area (TPSA) is 85.4 Å². The van der Waals surface area contributed by atoms with Crippen LogP contribution in [0, 0.1) is 13.8 Å². The molecule has 0 unspecified atom stereocenters. The molecule has 0 saturated heterocycles. The molecular formula is C17H22Cl2N2O3. The quantitative estimate of drug-likeness (QED) is 0.838. The van der Waals surface area contributed by atoms with Crippen LogP contribution >= 0.6 is 24.8 Å². The predicted molar refractivity (Wildman–Crippen MR) is 99.2 cm³/mol. The fourth-order valence-corrected chi connectivity index (χ4v) is 2.58. The van der Waals surface area contributed by atoms with E-state index in [-0.39, 0.29) is 36.9 Å². The summed E-state index contributed by atoms with van der Waals surface area (Å²) in [5.41, 5.74) is 10.5. The zero-order chi connectivity index (χ0) is 16.3. The number of carboxylic acids is 1. The Hall–Kier alpha value is -1.66. The normalized spacial score (nSPS) is 9.83. The van der Waals surface area contributed by atoms with Crippen LogP contribution in [0.25, 0.3) is 11.1 Å². The van der Waals surface area contributed by atoms with Gasteiger partial charge in [-0.3, -0.25) is 4.98 Å². The average molecular weight is 373 g/mol. The van der Waals surface area contributed by atoms with Gasteiger partial charge in [0.05, 0.1) is 23.6 Å². The summed E-state index contributed by atoms with van der Waals surface area (Å²) in [7, 11) is 1.58. The summed E-state index contributed by atoms with van der Waals surface area (Å²) in [6, 6.07) is 7.72. The van der Waals surface area contributed by atoms with E-state index < -0.39 is 5.97 Å². The molecule has 0 spiro atoms. The summed E-state index contributed by atoms with van der Waals surface area (Å²) >= 11 is 0. The number of methoxy groups -OCH3 is 1. The molecule has 5 nitrogen and oxygen atoms in total. The molecule has 0 atom stereocenters. The van der Waals surface area contributed by atoms with Crippen LogP contribution in [0.15, 0.2) is 24.3 Å². The van der Waals surface area contributed by atoms with Gasteiger partial charge in [-0.25, -0.2) is 4.79 Å². The van der Waals surface area contributed by atoms with Crippen molar-refractivity contribution in [1.82, 2.24) is 4.98 Å². The number of carbonyl (C=O) groups is 1. The molecular weight excluding hydrogens is 351 g/mol. The Kier molecular flexibility index (Phi) is 8.93. The van der Waals surface area contributed by atoms with Crippen LogP contribution < -0.4 is 5.73 Å². The van der Waals surface area contributed by atoms with E-state index in [2.05, 4.69) is 4.98 Å². The van der Waals surface area contributed by atoms with E-state index >= 15 is 0 Å². The van der Waals surface area contributed by atoms with Crippen molar-refractivity contribution in [3.8, 4) is 11.1 Å².